The predicted molar refractivity (Wildman–Crippen MR) is 79.5 cm³/mol. The zero-order valence-electron chi connectivity index (χ0n) is 11.9. The van der Waals surface area contributed by atoms with Gasteiger partial charge >= 0.3 is 0 Å². The topological polar surface area (TPSA) is 40.5 Å². The van der Waals surface area contributed by atoms with Crippen molar-refractivity contribution in [2.45, 2.75) is 90.9 Å². The molecule has 0 fully saturated rings. The Morgan fingerprint density at radius 1 is 0.529 bits per heavy atom. The van der Waals surface area contributed by atoms with E-state index in [0.717, 1.165) is 0 Å². The molecule has 106 valence electrons. The van der Waals surface area contributed by atoms with Crippen molar-refractivity contribution in [1.82, 2.24) is 0 Å². The normalized spacial score (nSPS) is 9.88. The van der Waals surface area contributed by atoms with Crippen LogP contribution >= 0.6 is 9.03 Å². The van der Waals surface area contributed by atoms with Crippen molar-refractivity contribution in [2.75, 3.05) is 0 Å². The standard InChI is InChI=1S/C14H30.H3O2P/c1-3-5-7-9-11-13-14-12-10-8-6-4-2;1-3-2/h3-14H2,1-2H3;1-3H. The Kier molecular flexibility index (Phi) is 25.0. The molecule has 0 aliphatic rings. The molecule has 17 heavy (non-hydrogen) atoms. The third kappa shape index (κ3) is 26.1. The first-order valence-electron chi connectivity index (χ1n) is 7.36. The van der Waals surface area contributed by atoms with Crippen molar-refractivity contribution in [1.29, 1.82) is 0 Å². The molecular formula is C14H33O2P. The minimum absolute atomic E-state index is 0.917. The van der Waals surface area contributed by atoms with Gasteiger partial charge in [0, 0.05) is 0 Å². The van der Waals surface area contributed by atoms with Crippen LogP contribution in [0.2, 0.25) is 0 Å². The summed E-state index contributed by atoms with van der Waals surface area (Å²) < 4.78 is 0. The van der Waals surface area contributed by atoms with Crippen LogP contribution in [0.25, 0.3) is 0 Å². The van der Waals surface area contributed by atoms with Gasteiger partial charge in [-0.1, -0.05) is 90.9 Å². The zero-order chi connectivity index (χ0) is 13.2. The lowest BCUT2D eigenvalue weighted by Crippen LogP contribution is -1.81. The Morgan fingerprint density at radius 3 is 0.882 bits per heavy atom. The predicted octanol–water partition coefficient (Wildman–Crippen LogP) is 5.19. The van der Waals surface area contributed by atoms with E-state index < -0.39 is 9.03 Å². The second-order valence-corrected chi connectivity index (χ2v) is 4.84. The molecule has 3 heteroatoms. The molecule has 0 unspecified atom stereocenters. The molecule has 0 aliphatic carbocycles. The highest BCUT2D eigenvalue weighted by Gasteiger charge is 1.91. The highest BCUT2D eigenvalue weighted by atomic mass is 31.1. The molecule has 0 aromatic rings. The summed E-state index contributed by atoms with van der Waals surface area (Å²) in [5.41, 5.74) is 0. The minimum atomic E-state index is -0.917. The van der Waals surface area contributed by atoms with Crippen LogP contribution in [0.1, 0.15) is 90.9 Å². The third-order valence-corrected chi connectivity index (χ3v) is 2.96. The van der Waals surface area contributed by atoms with Gasteiger partial charge in [-0.05, 0) is 0 Å². The fraction of sp³-hybridized carbons (Fsp3) is 1.00. The van der Waals surface area contributed by atoms with Crippen molar-refractivity contribution in [3.05, 3.63) is 0 Å². The first-order chi connectivity index (χ1) is 8.33. The van der Waals surface area contributed by atoms with Crippen LogP contribution in [-0.4, -0.2) is 9.79 Å². The SMILES string of the molecule is CCCCCCCCCCCCCC.OPO. The molecule has 0 saturated heterocycles. The molecule has 0 saturated carbocycles. The fourth-order valence-corrected chi connectivity index (χ4v) is 1.91. The van der Waals surface area contributed by atoms with Gasteiger partial charge in [-0.25, -0.2) is 0 Å². The average molecular weight is 264 g/mol. The molecular weight excluding hydrogens is 231 g/mol. The average Bonchev–Trinajstić information content (AvgIpc) is 2.33. The van der Waals surface area contributed by atoms with Gasteiger partial charge in [0.05, 0.1) is 0 Å². The highest BCUT2D eigenvalue weighted by molar-refractivity contribution is 7.23. The maximum atomic E-state index is 7.15. The fourth-order valence-electron chi connectivity index (χ4n) is 1.91. The summed E-state index contributed by atoms with van der Waals surface area (Å²) in [5, 5.41) is 0. The maximum absolute atomic E-state index is 7.15. The first kappa shape index (κ1) is 19.7. The smallest absolute Gasteiger partial charge is 0.149 e. The van der Waals surface area contributed by atoms with Gasteiger partial charge in [-0.3, -0.25) is 0 Å². The highest BCUT2D eigenvalue weighted by Crippen LogP contribution is 2.11. The van der Waals surface area contributed by atoms with E-state index in [-0.39, 0.29) is 0 Å². The third-order valence-electron chi connectivity index (χ3n) is 2.96. The van der Waals surface area contributed by atoms with Gasteiger partial charge in [0.2, 0.25) is 0 Å². The van der Waals surface area contributed by atoms with Crippen LogP contribution < -0.4 is 0 Å². The van der Waals surface area contributed by atoms with Crippen LogP contribution in [0.4, 0.5) is 0 Å². The van der Waals surface area contributed by atoms with Gasteiger partial charge in [-0.2, -0.15) is 0 Å². The van der Waals surface area contributed by atoms with E-state index in [9.17, 15) is 0 Å². The van der Waals surface area contributed by atoms with Crippen molar-refractivity contribution in [2.24, 2.45) is 0 Å². The lowest BCUT2D eigenvalue weighted by Gasteiger charge is -2.01. The van der Waals surface area contributed by atoms with Gasteiger partial charge in [0.15, 0.2) is 0 Å². The molecule has 0 heterocycles. The van der Waals surface area contributed by atoms with Gasteiger partial charge in [-0.15, -0.1) is 0 Å². The summed E-state index contributed by atoms with van der Waals surface area (Å²) in [6, 6.07) is 0. The van der Waals surface area contributed by atoms with Gasteiger partial charge in [0.1, 0.15) is 9.03 Å². The number of hydrogen-bond donors (Lipinski definition) is 2. The van der Waals surface area contributed by atoms with E-state index in [1.807, 2.05) is 0 Å². The van der Waals surface area contributed by atoms with E-state index in [1.165, 1.54) is 77.0 Å². The van der Waals surface area contributed by atoms with Crippen molar-refractivity contribution >= 4 is 9.03 Å². The summed E-state index contributed by atoms with van der Waals surface area (Å²) in [5.74, 6) is 0. The van der Waals surface area contributed by atoms with E-state index in [4.69, 9.17) is 9.79 Å². The Balaban J connectivity index is 0. The molecule has 0 aromatic carbocycles. The van der Waals surface area contributed by atoms with Crippen molar-refractivity contribution in [3.63, 3.8) is 0 Å². The molecule has 2 N–H and O–H groups in total. The number of unbranched alkanes of at least 4 members (excludes halogenated alkanes) is 11. The molecule has 0 radical (unpaired) electrons. The van der Waals surface area contributed by atoms with E-state index in [1.54, 1.807) is 0 Å². The molecule has 0 aromatic heterocycles. The summed E-state index contributed by atoms with van der Waals surface area (Å²) in [4.78, 5) is 14.3. The Bertz CT molecular complexity index is 98.4. The number of rotatable bonds is 11. The van der Waals surface area contributed by atoms with Crippen LogP contribution in [0.5, 0.6) is 0 Å². The number of hydrogen-bond acceptors (Lipinski definition) is 2. The molecule has 0 atom stereocenters. The van der Waals surface area contributed by atoms with E-state index in [0.29, 0.717) is 0 Å². The molecule has 0 spiro atoms. The van der Waals surface area contributed by atoms with Crippen LogP contribution in [-0.2, 0) is 0 Å². The molecule has 0 amide bonds. The van der Waals surface area contributed by atoms with Crippen LogP contribution in [0.15, 0.2) is 0 Å². The Labute approximate surface area is 110 Å². The zero-order valence-corrected chi connectivity index (χ0v) is 12.9. The van der Waals surface area contributed by atoms with E-state index in [2.05, 4.69) is 13.8 Å². The molecule has 0 aliphatic heterocycles. The van der Waals surface area contributed by atoms with Crippen molar-refractivity contribution in [3.8, 4) is 0 Å². The van der Waals surface area contributed by atoms with Crippen molar-refractivity contribution < 1.29 is 9.79 Å². The quantitative estimate of drug-likeness (QED) is 0.398. The van der Waals surface area contributed by atoms with Gasteiger partial charge in [0.25, 0.3) is 0 Å². The summed E-state index contributed by atoms with van der Waals surface area (Å²) in [6.45, 7) is 4.57. The van der Waals surface area contributed by atoms with Gasteiger partial charge < -0.3 is 9.79 Å². The minimum Gasteiger partial charge on any atom is -0.352 e. The largest absolute Gasteiger partial charge is 0.352 e. The Morgan fingerprint density at radius 2 is 0.706 bits per heavy atom. The lowest BCUT2D eigenvalue weighted by atomic mass is 10.1. The summed E-state index contributed by atoms with van der Waals surface area (Å²) in [6.07, 6.45) is 17.4. The second-order valence-electron chi connectivity index (χ2n) is 4.64. The molecule has 0 rings (SSSR count). The Hall–Kier alpha value is 0.350. The summed E-state index contributed by atoms with van der Waals surface area (Å²) in [7, 11) is -0.917. The first-order valence-corrected chi connectivity index (χ1v) is 8.26. The monoisotopic (exact) mass is 264 g/mol. The molecule has 2 nitrogen and oxygen atoms in total. The summed E-state index contributed by atoms with van der Waals surface area (Å²) >= 11 is 0. The van der Waals surface area contributed by atoms with E-state index >= 15 is 0 Å². The molecule has 0 bridgehead atoms. The lowest BCUT2D eigenvalue weighted by molar-refractivity contribution is 0.513. The van der Waals surface area contributed by atoms with Crippen LogP contribution in [0, 0.1) is 0 Å². The second kappa shape index (κ2) is 21.6. The van der Waals surface area contributed by atoms with Crippen LogP contribution in [0.3, 0.4) is 0 Å². The maximum Gasteiger partial charge on any atom is 0.149 e.